The molecule has 2 aromatic heterocycles. The molecule has 0 saturated heterocycles. The summed E-state index contributed by atoms with van der Waals surface area (Å²) in [6, 6.07) is 17.5. The zero-order valence-electron chi connectivity index (χ0n) is 12.6. The van der Waals surface area contributed by atoms with Gasteiger partial charge in [-0.05, 0) is 17.7 Å². The van der Waals surface area contributed by atoms with E-state index in [0.29, 0.717) is 24.5 Å². The number of hydrogen-bond acceptors (Lipinski definition) is 5. The van der Waals surface area contributed by atoms with Crippen molar-refractivity contribution in [1.82, 2.24) is 20.2 Å². The largest absolute Gasteiger partial charge is 0.338 e. The first-order chi connectivity index (χ1) is 11.8. The van der Waals surface area contributed by atoms with Crippen molar-refractivity contribution in [3.8, 4) is 11.3 Å². The lowest BCUT2D eigenvalue weighted by molar-refractivity contribution is -0.105. The molecule has 0 fully saturated rings. The number of para-hydroxylation sites is 1. The van der Waals surface area contributed by atoms with Crippen molar-refractivity contribution < 1.29 is 9.32 Å². The van der Waals surface area contributed by atoms with E-state index < -0.39 is 0 Å². The Balaban J connectivity index is 1.56. The van der Waals surface area contributed by atoms with Crippen LogP contribution >= 0.6 is 0 Å². The smallest absolute Gasteiger partial charge is 0.231 e. The minimum Gasteiger partial charge on any atom is -0.338 e. The van der Waals surface area contributed by atoms with Crippen molar-refractivity contribution >= 4 is 23.3 Å². The number of nitrogens with one attached hydrogen (secondary N) is 1. The Morgan fingerprint density at radius 1 is 1.12 bits per heavy atom. The molecule has 0 bridgehead atoms. The van der Waals surface area contributed by atoms with Gasteiger partial charge < -0.3 is 4.52 Å². The number of carbonyl (C=O) groups is 1. The highest BCUT2D eigenvalue weighted by molar-refractivity contribution is 5.74. The monoisotopic (exact) mass is 319 g/mol. The quantitative estimate of drug-likeness (QED) is 0.572. The Morgan fingerprint density at radius 3 is 2.79 bits per heavy atom. The van der Waals surface area contributed by atoms with Crippen LogP contribution in [0.5, 0.6) is 0 Å². The molecule has 24 heavy (non-hydrogen) atoms. The molecule has 0 atom stereocenters. The molecule has 7 heteroatoms. The molecule has 0 aliphatic carbocycles. The number of nitrogens with zero attached hydrogens (tertiary/aromatic N) is 4. The van der Waals surface area contributed by atoms with Crippen LogP contribution in [0.2, 0.25) is 0 Å². The van der Waals surface area contributed by atoms with Gasteiger partial charge in [0.15, 0.2) is 0 Å². The Labute approximate surface area is 136 Å². The van der Waals surface area contributed by atoms with Gasteiger partial charge >= 0.3 is 0 Å². The van der Waals surface area contributed by atoms with Crippen molar-refractivity contribution in [2.45, 2.75) is 6.54 Å². The summed E-state index contributed by atoms with van der Waals surface area (Å²) in [5, 5.41) is 14.7. The zero-order valence-corrected chi connectivity index (χ0v) is 12.6. The number of rotatable bonds is 5. The van der Waals surface area contributed by atoms with Crippen LogP contribution in [-0.4, -0.2) is 26.6 Å². The lowest BCUT2D eigenvalue weighted by Crippen LogP contribution is -2.01. The molecule has 118 valence electrons. The van der Waals surface area contributed by atoms with Gasteiger partial charge in [0.05, 0.1) is 12.1 Å². The van der Waals surface area contributed by atoms with Crippen LogP contribution in [0, 0.1) is 0 Å². The van der Waals surface area contributed by atoms with Gasteiger partial charge in [-0.1, -0.05) is 46.8 Å². The molecule has 4 aromatic rings. The number of carbonyl (C=O) groups excluding carboxylic acids is 1. The molecule has 0 spiro atoms. The zero-order chi connectivity index (χ0) is 16.4. The molecular weight excluding hydrogens is 306 g/mol. The number of benzene rings is 2. The second kappa shape index (κ2) is 5.96. The molecule has 1 amide bonds. The summed E-state index contributed by atoms with van der Waals surface area (Å²) in [6.45, 7) is 0.636. The number of anilines is 1. The van der Waals surface area contributed by atoms with Crippen molar-refractivity contribution in [2.75, 3.05) is 5.32 Å². The first-order valence-corrected chi connectivity index (χ1v) is 7.38. The third kappa shape index (κ3) is 2.63. The Kier molecular flexibility index (Phi) is 3.51. The molecule has 7 nitrogen and oxygen atoms in total. The summed E-state index contributed by atoms with van der Waals surface area (Å²) in [6.07, 6.45) is 0.551. The summed E-state index contributed by atoms with van der Waals surface area (Å²) in [5.74, 6) is 0.318. The molecule has 0 aliphatic heterocycles. The van der Waals surface area contributed by atoms with Gasteiger partial charge in [0, 0.05) is 11.6 Å². The first-order valence-electron chi connectivity index (χ1n) is 7.38. The third-order valence-electron chi connectivity index (χ3n) is 3.71. The van der Waals surface area contributed by atoms with E-state index in [1.54, 1.807) is 6.07 Å². The van der Waals surface area contributed by atoms with E-state index in [9.17, 15) is 4.79 Å². The lowest BCUT2D eigenvalue weighted by atomic mass is 10.1. The number of aromatic nitrogens is 4. The van der Waals surface area contributed by atoms with Gasteiger partial charge in [0.2, 0.25) is 12.3 Å². The Hall–Kier alpha value is -3.48. The second-order valence-electron chi connectivity index (χ2n) is 5.27. The fourth-order valence-electron chi connectivity index (χ4n) is 2.53. The number of amides is 1. The maximum absolute atomic E-state index is 10.4. The van der Waals surface area contributed by atoms with E-state index in [1.807, 2.05) is 53.2 Å². The molecule has 0 aliphatic rings. The van der Waals surface area contributed by atoms with E-state index in [-0.39, 0.29) is 0 Å². The molecule has 2 aromatic carbocycles. The maximum Gasteiger partial charge on any atom is 0.231 e. The second-order valence-corrected chi connectivity index (χ2v) is 5.27. The highest BCUT2D eigenvalue weighted by Crippen LogP contribution is 2.22. The summed E-state index contributed by atoms with van der Waals surface area (Å²) in [4.78, 5) is 10.4. The van der Waals surface area contributed by atoms with Crippen LogP contribution in [0.3, 0.4) is 0 Å². The van der Waals surface area contributed by atoms with Crippen molar-refractivity contribution in [1.29, 1.82) is 0 Å². The molecular formula is C17H13N5O2. The van der Waals surface area contributed by atoms with Gasteiger partial charge in [0.25, 0.3) is 0 Å². The summed E-state index contributed by atoms with van der Waals surface area (Å²) in [5.41, 5.74) is 4.56. The topological polar surface area (TPSA) is 85.8 Å². The minimum absolute atomic E-state index is 0.318. The van der Waals surface area contributed by atoms with Crippen LogP contribution in [-0.2, 0) is 11.3 Å². The average Bonchev–Trinajstić information content (AvgIpc) is 3.24. The van der Waals surface area contributed by atoms with Gasteiger partial charge in [0.1, 0.15) is 11.2 Å². The summed E-state index contributed by atoms with van der Waals surface area (Å²) in [7, 11) is 0. The van der Waals surface area contributed by atoms with Crippen LogP contribution in [0.15, 0.2) is 59.1 Å². The van der Waals surface area contributed by atoms with Crippen LogP contribution in [0.25, 0.3) is 22.3 Å². The van der Waals surface area contributed by atoms with Crippen molar-refractivity contribution in [3.05, 3.63) is 60.2 Å². The van der Waals surface area contributed by atoms with Crippen molar-refractivity contribution in [2.24, 2.45) is 0 Å². The summed E-state index contributed by atoms with van der Waals surface area (Å²) < 4.78 is 6.88. The van der Waals surface area contributed by atoms with Gasteiger partial charge in [-0.15, -0.1) is 5.10 Å². The highest BCUT2D eigenvalue weighted by atomic mass is 16.5. The van der Waals surface area contributed by atoms with Crippen LogP contribution < -0.4 is 5.32 Å². The molecule has 0 radical (unpaired) electrons. The standard InChI is InChI=1S/C17H13N5O2/c23-11-18-17-9-15(20-24-17)13-7-5-12(6-8-13)10-22-16-4-2-1-3-14(16)19-21-22/h1-9,11H,10H2,(H,18,23). The van der Waals surface area contributed by atoms with E-state index in [4.69, 9.17) is 4.52 Å². The number of hydrogen-bond donors (Lipinski definition) is 1. The fraction of sp³-hybridized carbons (Fsp3) is 0.0588. The molecule has 4 rings (SSSR count). The minimum atomic E-state index is 0.318. The Bertz CT molecular complexity index is 988. The fourth-order valence-corrected chi connectivity index (χ4v) is 2.53. The molecule has 0 unspecified atom stereocenters. The predicted octanol–water partition coefficient (Wildman–Crippen LogP) is 2.70. The Morgan fingerprint density at radius 2 is 1.96 bits per heavy atom. The lowest BCUT2D eigenvalue weighted by Gasteiger charge is -2.03. The average molecular weight is 319 g/mol. The summed E-state index contributed by atoms with van der Waals surface area (Å²) >= 11 is 0. The van der Waals surface area contributed by atoms with Crippen LogP contribution in [0.4, 0.5) is 5.88 Å². The molecule has 0 saturated carbocycles. The highest BCUT2D eigenvalue weighted by Gasteiger charge is 2.07. The first kappa shape index (κ1) is 14.1. The number of fused-ring (bicyclic) bond motifs is 1. The molecule has 1 N–H and O–H groups in total. The van der Waals surface area contributed by atoms with Gasteiger partial charge in [-0.2, -0.15) is 0 Å². The van der Waals surface area contributed by atoms with Crippen molar-refractivity contribution in [3.63, 3.8) is 0 Å². The predicted molar refractivity (Wildman–Crippen MR) is 88.3 cm³/mol. The van der Waals surface area contributed by atoms with Gasteiger partial charge in [-0.25, -0.2) is 4.68 Å². The van der Waals surface area contributed by atoms with Crippen LogP contribution in [0.1, 0.15) is 5.56 Å². The SMILES string of the molecule is O=CNc1cc(-c2ccc(Cn3nnc4ccccc43)cc2)no1. The van der Waals surface area contributed by atoms with Gasteiger partial charge in [-0.3, -0.25) is 10.1 Å². The maximum atomic E-state index is 10.4. The van der Waals surface area contributed by atoms with E-state index >= 15 is 0 Å². The molecule has 2 heterocycles. The van der Waals surface area contributed by atoms with E-state index in [1.165, 1.54) is 0 Å². The van der Waals surface area contributed by atoms with E-state index in [0.717, 1.165) is 22.2 Å². The normalized spacial score (nSPS) is 10.8. The van der Waals surface area contributed by atoms with E-state index in [2.05, 4.69) is 20.8 Å². The third-order valence-corrected chi connectivity index (χ3v) is 3.71.